The Hall–Kier alpha value is -3.51. The number of amides is 2. The van der Waals surface area contributed by atoms with Crippen molar-refractivity contribution < 1.29 is 37.5 Å². The van der Waals surface area contributed by atoms with Crippen LogP contribution in [0.4, 0.5) is 19.3 Å². The van der Waals surface area contributed by atoms with Crippen LogP contribution in [0.1, 0.15) is 12.0 Å². The lowest BCUT2D eigenvalue weighted by atomic mass is 9.97. The molecule has 1 saturated heterocycles. The number of nitrogens with zero attached hydrogens (tertiary/aromatic N) is 3. The second kappa shape index (κ2) is 9.55. The van der Waals surface area contributed by atoms with E-state index in [0.29, 0.717) is 5.57 Å². The van der Waals surface area contributed by atoms with E-state index in [0.717, 1.165) is 17.0 Å². The molecule has 12 heteroatoms. The third kappa shape index (κ3) is 4.81. The van der Waals surface area contributed by atoms with Crippen LogP contribution in [0.15, 0.2) is 35.1 Å². The lowest BCUT2D eigenvalue weighted by molar-refractivity contribution is -0.139. The van der Waals surface area contributed by atoms with Crippen molar-refractivity contribution in [3.8, 4) is 5.88 Å². The fraction of sp³-hybridized carbons (Fsp3) is 0.381. The Kier molecular flexibility index (Phi) is 6.56. The van der Waals surface area contributed by atoms with Crippen LogP contribution < -0.4 is 15.4 Å². The predicted molar refractivity (Wildman–Crippen MR) is 110 cm³/mol. The molecule has 1 aromatic heterocycles. The molecule has 0 bridgehead atoms. The molecule has 2 amide bonds. The van der Waals surface area contributed by atoms with Crippen LogP contribution in [0.25, 0.3) is 5.57 Å². The molecule has 4 rings (SSSR count). The molecule has 176 valence electrons. The largest absolute Gasteiger partial charge is 0.471 e. The van der Waals surface area contributed by atoms with Gasteiger partial charge in [0.15, 0.2) is 6.10 Å². The van der Waals surface area contributed by atoms with Crippen molar-refractivity contribution in [3.63, 3.8) is 0 Å². The van der Waals surface area contributed by atoms with Crippen molar-refractivity contribution in [2.45, 2.75) is 18.6 Å². The number of cyclic esters (lactones) is 1. The molecule has 2 aliphatic rings. The number of aliphatic hydroxyl groups excluding tert-OH is 1. The molecular formula is C21H22F2N4O6. The average molecular weight is 464 g/mol. The first-order valence-corrected chi connectivity index (χ1v) is 10.2. The number of ether oxygens (including phenoxy) is 2. The Bertz CT molecular complexity index is 1040. The van der Waals surface area contributed by atoms with Crippen LogP contribution in [0.5, 0.6) is 5.88 Å². The molecule has 2 atom stereocenters. The highest BCUT2D eigenvalue weighted by atomic mass is 19.1. The number of rotatable bonds is 7. The van der Waals surface area contributed by atoms with Gasteiger partial charge in [-0.05, 0) is 29.3 Å². The van der Waals surface area contributed by atoms with Gasteiger partial charge in [-0.25, -0.2) is 13.6 Å². The van der Waals surface area contributed by atoms with Gasteiger partial charge in [-0.2, -0.15) is 0 Å². The van der Waals surface area contributed by atoms with Gasteiger partial charge in [0.2, 0.25) is 0 Å². The number of nitrogens with two attached hydrogens (primary N) is 1. The molecular weight excluding hydrogens is 442 g/mol. The van der Waals surface area contributed by atoms with Crippen LogP contribution in [-0.2, 0) is 9.53 Å². The molecule has 0 radical (unpaired) electrons. The van der Waals surface area contributed by atoms with Crippen LogP contribution in [-0.4, -0.2) is 72.2 Å². The second-order valence-electron chi connectivity index (χ2n) is 7.56. The summed E-state index contributed by atoms with van der Waals surface area (Å²) in [4.78, 5) is 26.7. The van der Waals surface area contributed by atoms with Crippen molar-refractivity contribution in [3.05, 3.63) is 47.7 Å². The molecule has 3 N–H and O–H groups in total. The van der Waals surface area contributed by atoms with Crippen LogP contribution in [0.3, 0.4) is 0 Å². The highest BCUT2D eigenvalue weighted by Gasteiger charge is 2.34. The van der Waals surface area contributed by atoms with Gasteiger partial charge in [-0.1, -0.05) is 6.08 Å². The fourth-order valence-electron chi connectivity index (χ4n) is 3.70. The van der Waals surface area contributed by atoms with E-state index in [2.05, 4.69) is 9.68 Å². The van der Waals surface area contributed by atoms with Gasteiger partial charge in [-0.15, -0.1) is 0 Å². The molecule has 2 aromatic rings. The number of carbonyl (C=O) groups excluding carboxylic acids is 2. The maximum absolute atomic E-state index is 14.9. The maximum Gasteiger partial charge on any atom is 0.414 e. The summed E-state index contributed by atoms with van der Waals surface area (Å²) in [7, 11) is 0. The lowest BCUT2D eigenvalue weighted by Crippen LogP contribution is -2.44. The van der Waals surface area contributed by atoms with Crippen molar-refractivity contribution in [2.75, 3.05) is 37.7 Å². The zero-order valence-electron chi connectivity index (χ0n) is 17.4. The number of aliphatic hydroxyl groups is 1. The minimum Gasteiger partial charge on any atom is -0.471 e. The lowest BCUT2D eigenvalue weighted by Gasteiger charge is -2.28. The summed E-state index contributed by atoms with van der Waals surface area (Å²) in [6.45, 7) is 0.116. The zero-order chi connectivity index (χ0) is 23.5. The minimum atomic E-state index is -1.31. The van der Waals surface area contributed by atoms with Gasteiger partial charge >= 0.3 is 6.09 Å². The molecule has 1 fully saturated rings. The Labute approximate surface area is 187 Å². The predicted octanol–water partition coefficient (Wildman–Crippen LogP) is 1.29. The SMILES string of the molecule is NC[C@H](O)C(=O)N1CC=C(c2c(F)cc(N3C[C@H](COc4ccon4)OC3=O)cc2F)CC1. The molecule has 0 unspecified atom stereocenters. The zero-order valence-corrected chi connectivity index (χ0v) is 17.4. The topological polar surface area (TPSA) is 131 Å². The summed E-state index contributed by atoms with van der Waals surface area (Å²) in [6.07, 6.45) is 0.346. The van der Waals surface area contributed by atoms with E-state index >= 15 is 0 Å². The van der Waals surface area contributed by atoms with E-state index in [4.69, 9.17) is 15.2 Å². The Morgan fingerprint density at radius 3 is 2.73 bits per heavy atom. The van der Waals surface area contributed by atoms with E-state index in [-0.39, 0.29) is 56.3 Å². The van der Waals surface area contributed by atoms with Gasteiger partial charge < -0.3 is 29.7 Å². The van der Waals surface area contributed by atoms with Gasteiger partial charge in [0.1, 0.15) is 30.6 Å². The minimum absolute atomic E-state index is 0.00121. The normalized spacial score (nSPS) is 19.3. The third-order valence-electron chi connectivity index (χ3n) is 5.39. The molecule has 3 heterocycles. The van der Waals surface area contributed by atoms with Crippen molar-refractivity contribution in [1.82, 2.24) is 10.1 Å². The average Bonchev–Trinajstić information content (AvgIpc) is 3.46. The molecule has 0 aliphatic carbocycles. The molecule has 1 aromatic carbocycles. The van der Waals surface area contributed by atoms with Gasteiger partial charge in [0.25, 0.3) is 11.8 Å². The number of benzene rings is 1. The third-order valence-corrected chi connectivity index (χ3v) is 5.39. The Morgan fingerprint density at radius 1 is 1.36 bits per heavy atom. The Morgan fingerprint density at radius 2 is 2.12 bits per heavy atom. The quantitative estimate of drug-likeness (QED) is 0.627. The second-order valence-corrected chi connectivity index (χ2v) is 7.56. The standard InChI is InChI=1S/C21H22F2N4O6/c22-15-7-13(27-10-14(33-21(27)30)11-31-18-3-6-32-25-18)8-16(23)19(15)12-1-4-26(5-2-12)20(29)17(28)9-24/h1,3,6-8,14,17,28H,2,4-5,9-11,24H2/t14-,17+/m1/s1. The first kappa shape index (κ1) is 22.7. The van der Waals surface area contributed by atoms with E-state index in [9.17, 15) is 23.5 Å². The number of aromatic nitrogens is 1. The van der Waals surface area contributed by atoms with Gasteiger partial charge in [0.05, 0.1) is 12.2 Å². The molecule has 0 saturated carbocycles. The highest BCUT2D eigenvalue weighted by molar-refractivity contribution is 5.90. The first-order valence-electron chi connectivity index (χ1n) is 10.2. The highest BCUT2D eigenvalue weighted by Crippen LogP contribution is 2.32. The molecule has 10 nitrogen and oxygen atoms in total. The van der Waals surface area contributed by atoms with Crippen LogP contribution in [0, 0.1) is 11.6 Å². The number of carbonyl (C=O) groups is 2. The summed E-state index contributed by atoms with van der Waals surface area (Å²) < 4.78 is 45.0. The van der Waals surface area contributed by atoms with Gasteiger partial charge in [-0.3, -0.25) is 9.69 Å². The molecule has 2 aliphatic heterocycles. The summed E-state index contributed by atoms with van der Waals surface area (Å²) in [5.41, 5.74) is 5.49. The monoisotopic (exact) mass is 464 g/mol. The number of halogens is 2. The van der Waals surface area contributed by atoms with Crippen molar-refractivity contribution >= 4 is 23.3 Å². The fourth-order valence-corrected chi connectivity index (χ4v) is 3.70. The number of anilines is 1. The summed E-state index contributed by atoms with van der Waals surface area (Å²) in [6, 6.07) is 3.63. The summed E-state index contributed by atoms with van der Waals surface area (Å²) >= 11 is 0. The summed E-state index contributed by atoms with van der Waals surface area (Å²) in [5.74, 6) is -1.98. The smallest absolute Gasteiger partial charge is 0.414 e. The van der Waals surface area contributed by atoms with E-state index in [1.165, 1.54) is 23.3 Å². The first-order chi connectivity index (χ1) is 15.9. The van der Waals surface area contributed by atoms with Crippen LogP contribution >= 0.6 is 0 Å². The van der Waals surface area contributed by atoms with Crippen molar-refractivity contribution in [1.29, 1.82) is 0 Å². The molecule has 0 spiro atoms. The van der Waals surface area contributed by atoms with Crippen LogP contribution in [0.2, 0.25) is 0 Å². The number of hydrogen-bond donors (Lipinski definition) is 2. The van der Waals surface area contributed by atoms with E-state index < -0.39 is 35.8 Å². The Balaban J connectivity index is 1.45. The van der Waals surface area contributed by atoms with E-state index in [1.807, 2.05) is 0 Å². The van der Waals surface area contributed by atoms with E-state index in [1.54, 1.807) is 0 Å². The number of hydrogen-bond acceptors (Lipinski definition) is 8. The summed E-state index contributed by atoms with van der Waals surface area (Å²) in [5, 5.41) is 13.2. The maximum atomic E-state index is 14.9. The molecule has 33 heavy (non-hydrogen) atoms. The van der Waals surface area contributed by atoms with Gasteiger partial charge in [0, 0.05) is 31.3 Å². The van der Waals surface area contributed by atoms with Crippen molar-refractivity contribution in [2.24, 2.45) is 5.73 Å².